The number of hydrogen-bond donors (Lipinski definition) is 1. The zero-order valence-electron chi connectivity index (χ0n) is 13.7. The number of benzene rings is 1. The van der Waals surface area contributed by atoms with Gasteiger partial charge in [-0.3, -0.25) is 9.69 Å². The number of nitrogens with one attached hydrogen (secondary N) is 1. The van der Waals surface area contributed by atoms with E-state index in [4.69, 9.17) is 9.47 Å². The van der Waals surface area contributed by atoms with E-state index in [2.05, 4.69) is 17.1 Å². The van der Waals surface area contributed by atoms with Gasteiger partial charge in [0.05, 0.1) is 20.3 Å². The molecule has 1 fully saturated rings. The van der Waals surface area contributed by atoms with Crippen LogP contribution in [0, 0.1) is 0 Å². The molecule has 5 heteroatoms. The summed E-state index contributed by atoms with van der Waals surface area (Å²) in [5.74, 6) is 1.35. The van der Waals surface area contributed by atoms with Gasteiger partial charge in [-0.2, -0.15) is 0 Å². The molecule has 1 atom stereocenters. The van der Waals surface area contributed by atoms with Gasteiger partial charge < -0.3 is 14.8 Å². The number of likely N-dealkylation sites (tertiary alicyclic amines) is 1. The SMILES string of the molecule is CCCCN1CCCC1C(=O)Nc1ccc(OC)c(OC)c1. The van der Waals surface area contributed by atoms with Crippen molar-refractivity contribution in [1.82, 2.24) is 4.90 Å². The van der Waals surface area contributed by atoms with E-state index in [-0.39, 0.29) is 11.9 Å². The first-order valence-electron chi connectivity index (χ1n) is 7.96. The van der Waals surface area contributed by atoms with E-state index in [0.717, 1.165) is 44.5 Å². The molecule has 0 bridgehead atoms. The lowest BCUT2D eigenvalue weighted by atomic mass is 10.2. The molecule has 0 aliphatic carbocycles. The second-order valence-electron chi connectivity index (χ2n) is 5.61. The smallest absolute Gasteiger partial charge is 0.241 e. The third-order valence-electron chi connectivity index (χ3n) is 4.12. The highest BCUT2D eigenvalue weighted by atomic mass is 16.5. The van der Waals surface area contributed by atoms with Gasteiger partial charge in [0, 0.05) is 11.8 Å². The largest absolute Gasteiger partial charge is 0.493 e. The van der Waals surface area contributed by atoms with Crippen molar-refractivity contribution in [3.8, 4) is 11.5 Å². The summed E-state index contributed by atoms with van der Waals surface area (Å²) in [5, 5.41) is 3.00. The molecule has 1 aliphatic rings. The van der Waals surface area contributed by atoms with Crippen LogP contribution in [0.1, 0.15) is 32.6 Å². The number of methoxy groups -OCH3 is 2. The van der Waals surface area contributed by atoms with Gasteiger partial charge in [0.1, 0.15) is 0 Å². The Balaban J connectivity index is 2.02. The molecule has 2 rings (SSSR count). The number of carbonyl (C=O) groups excluding carboxylic acids is 1. The van der Waals surface area contributed by atoms with Gasteiger partial charge in [-0.05, 0) is 44.5 Å². The normalized spacial score (nSPS) is 18.2. The molecule has 1 saturated heterocycles. The molecule has 1 aromatic rings. The van der Waals surface area contributed by atoms with Gasteiger partial charge in [-0.25, -0.2) is 0 Å². The number of unbranched alkanes of at least 4 members (excludes halogenated alkanes) is 1. The molecule has 22 heavy (non-hydrogen) atoms. The van der Waals surface area contributed by atoms with E-state index in [1.54, 1.807) is 26.4 Å². The van der Waals surface area contributed by atoms with Gasteiger partial charge in [-0.1, -0.05) is 13.3 Å². The summed E-state index contributed by atoms with van der Waals surface area (Å²) in [6, 6.07) is 5.42. The second kappa shape index (κ2) is 8.03. The van der Waals surface area contributed by atoms with E-state index in [1.807, 2.05) is 6.07 Å². The molecule has 1 amide bonds. The van der Waals surface area contributed by atoms with Gasteiger partial charge in [0.2, 0.25) is 5.91 Å². The second-order valence-corrected chi connectivity index (χ2v) is 5.61. The number of ether oxygens (including phenoxy) is 2. The molecular weight excluding hydrogens is 280 g/mol. The average Bonchev–Trinajstić information content (AvgIpc) is 3.01. The molecule has 1 aliphatic heterocycles. The Morgan fingerprint density at radius 3 is 2.77 bits per heavy atom. The van der Waals surface area contributed by atoms with Crippen LogP contribution in [0.25, 0.3) is 0 Å². The lowest BCUT2D eigenvalue weighted by Crippen LogP contribution is -2.40. The van der Waals surface area contributed by atoms with Crippen LogP contribution in [0.4, 0.5) is 5.69 Å². The topological polar surface area (TPSA) is 50.8 Å². The number of carbonyl (C=O) groups is 1. The molecule has 1 N–H and O–H groups in total. The molecule has 1 heterocycles. The van der Waals surface area contributed by atoms with E-state index in [0.29, 0.717) is 11.5 Å². The van der Waals surface area contributed by atoms with Crippen LogP contribution in [-0.4, -0.2) is 44.2 Å². The van der Waals surface area contributed by atoms with Crippen molar-refractivity contribution in [2.75, 3.05) is 32.6 Å². The molecule has 0 aromatic heterocycles. The molecule has 1 aromatic carbocycles. The van der Waals surface area contributed by atoms with Crippen LogP contribution in [0.15, 0.2) is 18.2 Å². The highest BCUT2D eigenvalue weighted by molar-refractivity contribution is 5.95. The fourth-order valence-electron chi connectivity index (χ4n) is 2.89. The summed E-state index contributed by atoms with van der Waals surface area (Å²) in [6.07, 6.45) is 4.32. The predicted molar refractivity (Wildman–Crippen MR) is 87.7 cm³/mol. The number of hydrogen-bond acceptors (Lipinski definition) is 4. The third kappa shape index (κ3) is 3.91. The predicted octanol–water partition coefficient (Wildman–Crippen LogP) is 2.91. The van der Waals surface area contributed by atoms with Crippen LogP contribution >= 0.6 is 0 Å². The van der Waals surface area contributed by atoms with Crippen molar-refractivity contribution in [2.24, 2.45) is 0 Å². The Morgan fingerprint density at radius 1 is 1.32 bits per heavy atom. The van der Waals surface area contributed by atoms with Crippen LogP contribution in [-0.2, 0) is 4.79 Å². The summed E-state index contributed by atoms with van der Waals surface area (Å²) in [5.41, 5.74) is 0.741. The molecular formula is C17H26N2O3. The number of rotatable bonds is 7. The van der Waals surface area contributed by atoms with Crippen molar-refractivity contribution >= 4 is 11.6 Å². The highest BCUT2D eigenvalue weighted by Crippen LogP contribution is 2.30. The van der Waals surface area contributed by atoms with Crippen molar-refractivity contribution in [3.63, 3.8) is 0 Å². The van der Waals surface area contributed by atoms with Crippen molar-refractivity contribution < 1.29 is 14.3 Å². The number of nitrogens with zero attached hydrogens (tertiary/aromatic N) is 1. The summed E-state index contributed by atoms with van der Waals surface area (Å²) in [6.45, 7) is 4.19. The Bertz CT molecular complexity index is 505. The van der Waals surface area contributed by atoms with Crippen LogP contribution in [0.5, 0.6) is 11.5 Å². The third-order valence-corrected chi connectivity index (χ3v) is 4.12. The minimum absolute atomic E-state index is 0.0142. The molecule has 0 spiro atoms. The molecule has 5 nitrogen and oxygen atoms in total. The summed E-state index contributed by atoms with van der Waals surface area (Å²) >= 11 is 0. The zero-order valence-corrected chi connectivity index (χ0v) is 13.7. The maximum atomic E-state index is 12.5. The summed E-state index contributed by atoms with van der Waals surface area (Å²) in [7, 11) is 3.19. The summed E-state index contributed by atoms with van der Waals surface area (Å²) in [4.78, 5) is 14.8. The van der Waals surface area contributed by atoms with Crippen LogP contribution < -0.4 is 14.8 Å². The quantitative estimate of drug-likeness (QED) is 0.841. The van der Waals surface area contributed by atoms with Crippen molar-refractivity contribution in [1.29, 1.82) is 0 Å². The fraction of sp³-hybridized carbons (Fsp3) is 0.588. The Hall–Kier alpha value is -1.75. The lowest BCUT2D eigenvalue weighted by Gasteiger charge is -2.23. The first-order valence-corrected chi connectivity index (χ1v) is 7.96. The lowest BCUT2D eigenvalue weighted by molar-refractivity contribution is -0.120. The van der Waals surface area contributed by atoms with Gasteiger partial charge in [0.25, 0.3) is 0 Å². The van der Waals surface area contributed by atoms with Crippen molar-refractivity contribution in [3.05, 3.63) is 18.2 Å². The Morgan fingerprint density at radius 2 is 2.09 bits per heavy atom. The Labute approximate surface area is 132 Å². The van der Waals surface area contributed by atoms with Crippen LogP contribution in [0.2, 0.25) is 0 Å². The first-order chi connectivity index (χ1) is 10.7. The molecule has 1 unspecified atom stereocenters. The Kier molecular flexibility index (Phi) is 6.07. The molecule has 0 radical (unpaired) electrons. The average molecular weight is 306 g/mol. The fourth-order valence-corrected chi connectivity index (χ4v) is 2.89. The van der Waals surface area contributed by atoms with E-state index >= 15 is 0 Å². The maximum absolute atomic E-state index is 12.5. The zero-order chi connectivity index (χ0) is 15.9. The van der Waals surface area contributed by atoms with Gasteiger partial charge in [0.15, 0.2) is 11.5 Å². The summed E-state index contributed by atoms with van der Waals surface area (Å²) < 4.78 is 10.5. The minimum atomic E-state index is -0.0142. The van der Waals surface area contributed by atoms with E-state index in [9.17, 15) is 4.79 Å². The highest BCUT2D eigenvalue weighted by Gasteiger charge is 2.30. The maximum Gasteiger partial charge on any atom is 0.241 e. The van der Waals surface area contributed by atoms with Gasteiger partial charge in [-0.15, -0.1) is 0 Å². The van der Waals surface area contributed by atoms with E-state index < -0.39 is 0 Å². The first kappa shape index (κ1) is 16.6. The number of anilines is 1. The van der Waals surface area contributed by atoms with E-state index in [1.165, 1.54) is 0 Å². The van der Waals surface area contributed by atoms with Crippen molar-refractivity contribution in [2.45, 2.75) is 38.6 Å². The van der Waals surface area contributed by atoms with Gasteiger partial charge >= 0.3 is 0 Å². The standard InChI is InChI=1S/C17H26N2O3/c1-4-5-10-19-11-6-7-14(19)17(20)18-13-8-9-15(21-2)16(12-13)22-3/h8-9,12,14H,4-7,10-11H2,1-3H3,(H,18,20). The van der Waals surface area contributed by atoms with Crippen LogP contribution in [0.3, 0.4) is 0 Å². The molecule has 0 saturated carbocycles. The minimum Gasteiger partial charge on any atom is -0.493 e. The number of amides is 1. The molecule has 122 valence electrons. The monoisotopic (exact) mass is 306 g/mol.